The number of aryl methyl sites for hydroxylation is 1. The highest BCUT2D eigenvalue weighted by Gasteiger charge is 2.56. The van der Waals surface area contributed by atoms with Gasteiger partial charge in [0.15, 0.2) is 5.54 Å². The van der Waals surface area contributed by atoms with Gasteiger partial charge in [-0.25, -0.2) is 14.2 Å². The zero-order valence-electron chi connectivity index (χ0n) is 15.4. The van der Waals surface area contributed by atoms with Crippen LogP contribution in [0.1, 0.15) is 39.2 Å². The van der Waals surface area contributed by atoms with E-state index in [4.69, 9.17) is 4.74 Å². The first-order chi connectivity index (χ1) is 12.6. The zero-order valence-corrected chi connectivity index (χ0v) is 16.2. The van der Waals surface area contributed by atoms with Gasteiger partial charge >= 0.3 is 11.7 Å². The number of carbonyl (C=O) groups is 1. The number of esters is 1. The van der Waals surface area contributed by atoms with Gasteiger partial charge in [0, 0.05) is 5.56 Å². The van der Waals surface area contributed by atoms with Gasteiger partial charge in [-0.1, -0.05) is 11.3 Å². The van der Waals surface area contributed by atoms with Crippen LogP contribution in [-0.4, -0.2) is 36.1 Å². The van der Waals surface area contributed by atoms with E-state index in [1.165, 1.54) is 28.5 Å². The number of nitrogens with zero attached hydrogens (tertiary/aromatic N) is 4. The third-order valence-electron chi connectivity index (χ3n) is 4.49. The number of fused-ring (bicyclic) bond motifs is 1. The van der Waals surface area contributed by atoms with Crippen LogP contribution in [-0.2, 0) is 15.1 Å². The maximum Gasteiger partial charge on any atom is 0.333 e. The molecule has 1 saturated carbocycles. The van der Waals surface area contributed by atoms with Crippen molar-refractivity contribution in [3.63, 3.8) is 0 Å². The molecule has 0 bridgehead atoms. The summed E-state index contributed by atoms with van der Waals surface area (Å²) < 4.78 is 6.48. The first kappa shape index (κ1) is 17.7. The Kier molecular flexibility index (Phi) is 3.68. The Morgan fingerprint density at radius 2 is 1.89 bits per heavy atom. The fraction of sp³-hybridized carbons (Fsp3) is 0.471. The van der Waals surface area contributed by atoms with E-state index < -0.39 is 28.4 Å². The maximum atomic E-state index is 13.2. The minimum atomic E-state index is -1.23. The lowest BCUT2D eigenvalue weighted by atomic mass is 10.1. The number of ether oxygens (including phenoxy) is 1. The molecule has 9 nitrogen and oxygen atoms in total. The lowest BCUT2D eigenvalue weighted by molar-refractivity contribution is -0.161. The summed E-state index contributed by atoms with van der Waals surface area (Å²) in [6.45, 7) is 7.03. The SMILES string of the molecule is Cc1c(-n2nccn2)sc2[nH]c(=O)n(C3(C(=O)OC(C)(C)C)CC3)c(=O)c12. The predicted molar refractivity (Wildman–Crippen MR) is 99.4 cm³/mol. The van der Waals surface area contributed by atoms with Crippen LogP contribution >= 0.6 is 11.3 Å². The van der Waals surface area contributed by atoms with Crippen LogP contribution in [0, 0.1) is 6.92 Å². The smallest absolute Gasteiger partial charge is 0.333 e. The molecule has 1 aliphatic carbocycles. The number of nitrogens with one attached hydrogen (secondary N) is 1. The molecule has 4 rings (SSSR count). The molecule has 0 aliphatic heterocycles. The summed E-state index contributed by atoms with van der Waals surface area (Å²) in [7, 11) is 0. The van der Waals surface area contributed by atoms with Crippen molar-refractivity contribution >= 4 is 27.5 Å². The summed E-state index contributed by atoms with van der Waals surface area (Å²) in [5, 5.41) is 9.18. The molecule has 10 heteroatoms. The van der Waals surface area contributed by atoms with Crippen LogP contribution in [0.25, 0.3) is 15.2 Å². The van der Waals surface area contributed by atoms with E-state index in [1.54, 1.807) is 27.7 Å². The van der Waals surface area contributed by atoms with E-state index in [0.29, 0.717) is 33.6 Å². The molecule has 0 radical (unpaired) electrons. The Labute approximate surface area is 157 Å². The first-order valence-electron chi connectivity index (χ1n) is 8.53. The van der Waals surface area contributed by atoms with Gasteiger partial charge in [0.25, 0.3) is 5.56 Å². The monoisotopic (exact) mass is 389 g/mol. The number of thiophene rings is 1. The number of carbonyl (C=O) groups excluding carboxylic acids is 1. The van der Waals surface area contributed by atoms with Crippen LogP contribution in [0.3, 0.4) is 0 Å². The second-order valence-electron chi connectivity index (χ2n) is 7.66. The van der Waals surface area contributed by atoms with Crippen LogP contribution in [0.4, 0.5) is 0 Å². The minimum absolute atomic E-state index is 0.363. The Bertz CT molecular complexity index is 1160. The van der Waals surface area contributed by atoms with Crippen LogP contribution in [0.2, 0.25) is 0 Å². The number of hydrogen-bond donors (Lipinski definition) is 1. The number of rotatable bonds is 3. The van der Waals surface area contributed by atoms with Gasteiger partial charge in [0.2, 0.25) is 0 Å². The molecule has 142 valence electrons. The highest BCUT2D eigenvalue weighted by molar-refractivity contribution is 7.21. The molecule has 0 amide bonds. The standard InChI is InChI=1S/C17H19N5O4S/c1-9-10-11(27-13(9)22-18-7-8-19-22)20-15(25)21(12(10)23)17(5-6-17)14(24)26-16(2,3)4/h7-8H,5-6H2,1-4H3,(H,20,25). The molecule has 3 aromatic rings. The van der Waals surface area contributed by atoms with Crippen molar-refractivity contribution in [3.8, 4) is 5.00 Å². The van der Waals surface area contributed by atoms with Crippen molar-refractivity contribution < 1.29 is 9.53 Å². The second kappa shape index (κ2) is 5.62. The molecule has 0 spiro atoms. The largest absolute Gasteiger partial charge is 0.458 e. The van der Waals surface area contributed by atoms with E-state index >= 15 is 0 Å². The number of aromatic amines is 1. The topological polar surface area (TPSA) is 112 Å². The third-order valence-corrected chi connectivity index (χ3v) is 5.67. The summed E-state index contributed by atoms with van der Waals surface area (Å²) in [6, 6.07) is 0. The van der Waals surface area contributed by atoms with Crippen molar-refractivity contribution in [3.05, 3.63) is 38.8 Å². The molecular formula is C17H19N5O4S. The lowest BCUT2D eigenvalue weighted by Crippen LogP contribution is -2.47. The molecular weight excluding hydrogens is 370 g/mol. The molecule has 3 aromatic heterocycles. The summed E-state index contributed by atoms with van der Waals surface area (Å²) in [4.78, 5) is 43.2. The summed E-state index contributed by atoms with van der Waals surface area (Å²) in [5.74, 6) is -0.552. The van der Waals surface area contributed by atoms with Gasteiger partial charge < -0.3 is 4.74 Å². The number of aromatic nitrogens is 5. The fourth-order valence-corrected chi connectivity index (χ4v) is 4.22. The second-order valence-corrected chi connectivity index (χ2v) is 8.66. The van der Waals surface area contributed by atoms with Crippen molar-refractivity contribution in [1.29, 1.82) is 0 Å². The molecule has 27 heavy (non-hydrogen) atoms. The molecule has 0 unspecified atom stereocenters. The number of H-pyrrole nitrogens is 1. The van der Waals surface area contributed by atoms with Crippen LogP contribution < -0.4 is 11.2 Å². The average Bonchev–Trinajstić information content (AvgIpc) is 3.02. The zero-order chi connectivity index (χ0) is 19.6. The Morgan fingerprint density at radius 1 is 1.26 bits per heavy atom. The Hall–Kier alpha value is -2.75. The molecule has 1 fully saturated rings. The average molecular weight is 389 g/mol. The van der Waals surface area contributed by atoms with Gasteiger partial charge in [-0.3, -0.25) is 9.78 Å². The highest BCUT2D eigenvalue weighted by Crippen LogP contribution is 2.44. The molecule has 0 saturated heterocycles. The first-order valence-corrected chi connectivity index (χ1v) is 9.35. The van der Waals surface area contributed by atoms with Crippen molar-refractivity contribution in [2.45, 2.75) is 51.7 Å². The lowest BCUT2D eigenvalue weighted by Gasteiger charge is -2.24. The molecule has 0 atom stereocenters. The molecule has 1 aliphatic rings. The van der Waals surface area contributed by atoms with Gasteiger partial charge in [0.05, 0.1) is 17.8 Å². The Morgan fingerprint density at radius 3 is 2.44 bits per heavy atom. The van der Waals surface area contributed by atoms with Gasteiger partial charge in [-0.2, -0.15) is 10.2 Å². The summed E-state index contributed by atoms with van der Waals surface area (Å²) in [6.07, 6.45) is 3.86. The fourth-order valence-electron chi connectivity index (χ4n) is 3.11. The normalized spacial score (nSPS) is 15.9. The van der Waals surface area contributed by atoms with E-state index in [-0.39, 0.29) is 0 Å². The van der Waals surface area contributed by atoms with E-state index in [0.717, 1.165) is 4.57 Å². The summed E-state index contributed by atoms with van der Waals surface area (Å²) in [5.41, 5.74) is -2.39. The van der Waals surface area contributed by atoms with Crippen molar-refractivity contribution in [2.75, 3.05) is 0 Å². The van der Waals surface area contributed by atoms with E-state index in [9.17, 15) is 14.4 Å². The van der Waals surface area contributed by atoms with Crippen molar-refractivity contribution in [1.82, 2.24) is 24.5 Å². The minimum Gasteiger partial charge on any atom is -0.458 e. The van der Waals surface area contributed by atoms with Crippen molar-refractivity contribution in [2.24, 2.45) is 0 Å². The molecule has 1 N–H and O–H groups in total. The van der Waals surface area contributed by atoms with E-state index in [2.05, 4.69) is 15.2 Å². The predicted octanol–water partition coefficient (Wildman–Crippen LogP) is 1.47. The quantitative estimate of drug-likeness (QED) is 0.679. The Balaban J connectivity index is 1.91. The molecule has 0 aromatic carbocycles. The third kappa shape index (κ3) is 2.71. The van der Waals surface area contributed by atoms with Gasteiger partial charge in [-0.05, 0) is 40.5 Å². The van der Waals surface area contributed by atoms with Gasteiger partial charge in [0.1, 0.15) is 15.4 Å². The number of hydrogen-bond acceptors (Lipinski definition) is 7. The highest BCUT2D eigenvalue weighted by atomic mass is 32.1. The van der Waals surface area contributed by atoms with Gasteiger partial charge in [-0.15, -0.1) is 4.80 Å². The van der Waals surface area contributed by atoms with E-state index in [1.807, 2.05) is 0 Å². The maximum absolute atomic E-state index is 13.2. The summed E-state index contributed by atoms with van der Waals surface area (Å²) >= 11 is 1.22. The van der Waals surface area contributed by atoms with Crippen LogP contribution in [0.15, 0.2) is 22.0 Å². The molecule has 3 heterocycles. The van der Waals surface area contributed by atoms with Crippen LogP contribution in [0.5, 0.6) is 0 Å².